The molecule has 3 fully saturated rings. The van der Waals surface area contributed by atoms with E-state index in [0.29, 0.717) is 13.2 Å². The van der Waals surface area contributed by atoms with Crippen LogP contribution in [0.25, 0.3) is 5.32 Å². The predicted octanol–water partition coefficient (Wildman–Crippen LogP) is -0.815. The molecule has 3 heterocycles. The van der Waals surface area contributed by atoms with Gasteiger partial charge in [-0.25, -0.2) is 0 Å². The van der Waals surface area contributed by atoms with Crippen molar-refractivity contribution >= 4 is 0 Å². The number of piperazine rings is 1. The molecule has 0 aliphatic carbocycles. The number of nitrogens with one attached hydrogen (secondary N) is 4. The third-order valence-electron chi connectivity index (χ3n) is 7.37. The predicted molar refractivity (Wildman–Crippen MR) is 135 cm³/mol. The second kappa shape index (κ2) is 14.2. The summed E-state index contributed by atoms with van der Waals surface area (Å²) >= 11 is 0. The van der Waals surface area contributed by atoms with Crippen molar-refractivity contribution in [1.82, 2.24) is 31.1 Å². The van der Waals surface area contributed by atoms with Gasteiger partial charge >= 0.3 is 0 Å². The smallest absolute Gasteiger partial charge is 0.0590 e. The summed E-state index contributed by atoms with van der Waals surface area (Å²) in [5.74, 6) is 0.718. The van der Waals surface area contributed by atoms with E-state index in [2.05, 4.69) is 44.9 Å². The monoisotopic (exact) mass is 468 g/mol. The molecule has 0 aromatic heterocycles. The molecule has 0 aromatic rings. The van der Waals surface area contributed by atoms with E-state index < -0.39 is 0 Å². The number of ether oxygens (including phenoxy) is 1. The number of rotatable bonds is 12. The van der Waals surface area contributed by atoms with E-state index in [1.165, 1.54) is 6.42 Å². The van der Waals surface area contributed by atoms with Crippen LogP contribution in [-0.2, 0) is 4.74 Å². The van der Waals surface area contributed by atoms with Gasteiger partial charge in [-0.3, -0.25) is 4.90 Å². The molecule has 3 aliphatic heterocycles. The lowest BCUT2D eigenvalue weighted by molar-refractivity contribution is 0.0600. The van der Waals surface area contributed by atoms with Crippen molar-refractivity contribution in [2.75, 3.05) is 65.6 Å². The average molecular weight is 469 g/mol. The Bertz CT molecular complexity index is 534. The molecule has 8 N–H and O–H groups in total. The first kappa shape index (κ1) is 27.2. The van der Waals surface area contributed by atoms with Crippen molar-refractivity contribution in [2.24, 2.45) is 17.4 Å². The Kier molecular flexibility index (Phi) is 11.7. The van der Waals surface area contributed by atoms with Gasteiger partial charge in [0.1, 0.15) is 0 Å². The van der Waals surface area contributed by atoms with Crippen molar-refractivity contribution in [3.63, 3.8) is 0 Å². The van der Waals surface area contributed by atoms with Gasteiger partial charge in [0.15, 0.2) is 0 Å². The second-order valence-electron chi connectivity index (χ2n) is 9.88. The molecule has 10 heteroatoms. The molecule has 0 spiro atoms. The van der Waals surface area contributed by atoms with Crippen molar-refractivity contribution < 1.29 is 4.74 Å². The molecule has 0 radical (unpaired) electrons. The molecule has 0 aromatic carbocycles. The maximum atomic E-state index is 6.68. The quantitative estimate of drug-likeness (QED) is 0.204. The zero-order valence-corrected chi connectivity index (χ0v) is 21.1. The van der Waals surface area contributed by atoms with E-state index in [9.17, 15) is 0 Å². The van der Waals surface area contributed by atoms with Crippen molar-refractivity contribution in [2.45, 2.75) is 76.8 Å². The molecule has 10 nitrogen and oxygen atoms in total. The molecule has 194 valence electrons. The summed E-state index contributed by atoms with van der Waals surface area (Å²) in [6.07, 6.45) is 3.50. The molecule has 0 saturated carbocycles. The molecule has 7 atom stereocenters. The zero-order chi connectivity index (χ0) is 23.6. The standard InChI is InChI=1S/C23H50N9O/c1-4-18(25)20-21(27-9-15-33-5-2)22(28-19-16-17(3)6-8-26-19)30-23(29-20)32-13-11-31(10-7-24)12-14-32/h17-23,26-29H,4-16,24-25H2,1-3H3/q-1. The Labute approximate surface area is 201 Å². The highest BCUT2D eigenvalue weighted by Gasteiger charge is 2.36. The van der Waals surface area contributed by atoms with Crippen LogP contribution >= 0.6 is 0 Å². The number of nitrogens with zero attached hydrogens (tertiary/aromatic N) is 3. The molecular formula is C23H50N9O-. The molecule has 0 amide bonds. The van der Waals surface area contributed by atoms with Gasteiger partial charge in [0.05, 0.1) is 12.8 Å². The largest absolute Gasteiger partial charge is 0.618 e. The minimum Gasteiger partial charge on any atom is -0.618 e. The van der Waals surface area contributed by atoms with Gasteiger partial charge in [-0.1, -0.05) is 20.0 Å². The lowest BCUT2D eigenvalue weighted by Gasteiger charge is -2.60. The van der Waals surface area contributed by atoms with Gasteiger partial charge in [0.2, 0.25) is 0 Å². The number of hydrogen-bond acceptors (Lipinski definition) is 9. The minimum absolute atomic E-state index is 0.0228. The van der Waals surface area contributed by atoms with Crippen molar-refractivity contribution in [1.29, 1.82) is 0 Å². The number of piperidine rings is 1. The summed E-state index contributed by atoms with van der Waals surface area (Å²) in [4.78, 5) is 4.90. The van der Waals surface area contributed by atoms with Crippen LogP contribution < -0.4 is 32.7 Å². The van der Waals surface area contributed by atoms with Gasteiger partial charge in [-0.05, 0) is 44.9 Å². The van der Waals surface area contributed by atoms with Gasteiger partial charge < -0.3 is 47.7 Å². The van der Waals surface area contributed by atoms with Crippen LogP contribution in [0.1, 0.15) is 40.0 Å². The van der Waals surface area contributed by atoms with Gasteiger partial charge in [-0.15, -0.1) is 0 Å². The normalized spacial score (nSPS) is 35.5. The van der Waals surface area contributed by atoms with Gasteiger partial charge in [-0.2, -0.15) is 0 Å². The molecule has 3 aliphatic rings. The maximum absolute atomic E-state index is 6.68. The van der Waals surface area contributed by atoms with Crippen LogP contribution in [0.3, 0.4) is 0 Å². The first-order valence-electron chi connectivity index (χ1n) is 13.2. The zero-order valence-electron chi connectivity index (χ0n) is 21.1. The molecule has 7 unspecified atom stereocenters. The van der Waals surface area contributed by atoms with Crippen LogP contribution in [-0.4, -0.2) is 112 Å². The van der Waals surface area contributed by atoms with E-state index in [0.717, 1.165) is 71.2 Å². The summed E-state index contributed by atoms with van der Waals surface area (Å²) in [5.41, 5.74) is 12.4. The van der Waals surface area contributed by atoms with Crippen molar-refractivity contribution in [3.05, 3.63) is 5.32 Å². The van der Waals surface area contributed by atoms with Crippen molar-refractivity contribution in [3.8, 4) is 0 Å². The Hall–Kier alpha value is -0.400. The third-order valence-corrected chi connectivity index (χ3v) is 7.37. The highest BCUT2D eigenvalue weighted by Crippen LogP contribution is 2.25. The maximum Gasteiger partial charge on any atom is 0.0590 e. The van der Waals surface area contributed by atoms with E-state index in [4.69, 9.17) is 21.5 Å². The van der Waals surface area contributed by atoms with Gasteiger partial charge in [0, 0.05) is 70.5 Å². The third kappa shape index (κ3) is 8.06. The Morgan fingerprint density at radius 3 is 2.67 bits per heavy atom. The summed E-state index contributed by atoms with van der Waals surface area (Å²) in [5, 5.41) is 20.4. The lowest BCUT2D eigenvalue weighted by Crippen LogP contribution is -2.74. The van der Waals surface area contributed by atoms with E-state index in [1.807, 2.05) is 6.92 Å². The fourth-order valence-electron chi connectivity index (χ4n) is 5.29. The minimum atomic E-state index is -0.0314. The lowest BCUT2D eigenvalue weighted by atomic mass is 9.92. The molecule has 0 bridgehead atoms. The fourth-order valence-corrected chi connectivity index (χ4v) is 5.29. The van der Waals surface area contributed by atoms with Crippen LogP contribution in [0.2, 0.25) is 0 Å². The molecular weight excluding hydrogens is 418 g/mol. The second-order valence-corrected chi connectivity index (χ2v) is 9.88. The van der Waals surface area contributed by atoms with Crippen LogP contribution in [0.4, 0.5) is 0 Å². The van der Waals surface area contributed by atoms with Crippen LogP contribution in [0.5, 0.6) is 0 Å². The summed E-state index contributed by atoms with van der Waals surface area (Å²) in [6, 6.07) is 0.280. The fraction of sp³-hybridized carbons (Fsp3) is 1.00. The Morgan fingerprint density at radius 1 is 1.21 bits per heavy atom. The Balaban J connectivity index is 1.71. The van der Waals surface area contributed by atoms with Gasteiger partial charge in [0.25, 0.3) is 0 Å². The van der Waals surface area contributed by atoms with Crippen LogP contribution in [0.15, 0.2) is 0 Å². The van der Waals surface area contributed by atoms with Crippen LogP contribution in [0, 0.1) is 5.92 Å². The number of hydrogen-bond donors (Lipinski definition) is 6. The van der Waals surface area contributed by atoms with E-state index in [1.54, 1.807) is 0 Å². The summed E-state index contributed by atoms with van der Waals surface area (Å²) in [6.45, 7) is 15.5. The molecule has 3 saturated heterocycles. The summed E-state index contributed by atoms with van der Waals surface area (Å²) in [7, 11) is 0. The first-order chi connectivity index (χ1) is 16.0. The summed E-state index contributed by atoms with van der Waals surface area (Å²) < 4.78 is 5.59. The molecule has 33 heavy (non-hydrogen) atoms. The highest BCUT2D eigenvalue weighted by molar-refractivity contribution is 5.14. The Morgan fingerprint density at radius 2 is 2.00 bits per heavy atom. The SMILES string of the molecule is CCOCCNC1C(NC2CC(C)CCN2)[N-]C(N2CCN(CCN)CC2)NC1C(N)CC. The number of nitrogens with two attached hydrogens (primary N) is 2. The first-order valence-corrected chi connectivity index (χ1v) is 13.2. The average Bonchev–Trinajstić information content (AvgIpc) is 2.82. The van der Waals surface area contributed by atoms with E-state index in [-0.39, 0.29) is 36.7 Å². The highest BCUT2D eigenvalue weighted by atomic mass is 16.5. The van der Waals surface area contributed by atoms with E-state index >= 15 is 0 Å². The topological polar surface area (TPSA) is 130 Å². The molecule has 3 rings (SSSR count).